The van der Waals surface area contributed by atoms with Crippen LogP contribution in [0.4, 0.5) is 0 Å². The number of carbonyl (C=O) groups is 2. The third-order valence-corrected chi connectivity index (χ3v) is 17.0. The van der Waals surface area contributed by atoms with Crippen LogP contribution in [-0.2, 0) is 27.9 Å². The van der Waals surface area contributed by atoms with Crippen LogP contribution >= 0.6 is 7.82 Å². The van der Waals surface area contributed by atoms with Crippen LogP contribution in [0.3, 0.4) is 0 Å². The number of amides is 1. The number of nitrogens with one attached hydrogen (secondary N) is 1. The number of esters is 1. The molecule has 0 saturated carbocycles. The summed E-state index contributed by atoms with van der Waals surface area (Å²) < 4.78 is 30.5. The first-order valence-electron chi connectivity index (χ1n) is 35.3. The molecule has 3 atom stereocenters. The van der Waals surface area contributed by atoms with Crippen molar-refractivity contribution >= 4 is 19.7 Å². The molecule has 0 bridgehead atoms. The molecule has 0 spiro atoms. The number of rotatable bonds is 65. The van der Waals surface area contributed by atoms with Gasteiger partial charge in [0.2, 0.25) is 5.91 Å². The lowest BCUT2D eigenvalue weighted by Crippen LogP contribution is -2.47. The molecule has 9 nitrogen and oxygen atoms in total. The van der Waals surface area contributed by atoms with E-state index in [1.807, 2.05) is 33.3 Å². The zero-order valence-corrected chi connectivity index (χ0v) is 55.7. The largest absolute Gasteiger partial charge is 0.756 e. The van der Waals surface area contributed by atoms with Crippen molar-refractivity contribution in [1.29, 1.82) is 0 Å². The lowest BCUT2D eigenvalue weighted by molar-refractivity contribution is -0.870. The number of hydrogen-bond acceptors (Lipinski definition) is 7. The predicted octanol–water partition coefficient (Wildman–Crippen LogP) is 21.6. The second-order valence-corrected chi connectivity index (χ2v) is 26.8. The molecule has 1 amide bonds. The molecule has 0 aliphatic carbocycles. The van der Waals surface area contributed by atoms with Crippen LogP contribution in [0.5, 0.6) is 0 Å². The van der Waals surface area contributed by atoms with E-state index < -0.39 is 20.0 Å². The summed E-state index contributed by atoms with van der Waals surface area (Å²) >= 11 is 0. The minimum atomic E-state index is -4.70. The standard InChI is InChI=1S/C71H137N2O7P/c1-7-10-13-16-19-22-25-28-30-32-34-35-36-37-39-40-42-45-48-51-54-57-60-63-70(74)72-68(67-79-81(76,77)78-66-65-73(4,5)6)69(62-59-56-53-50-47-44-27-24-21-18-15-12-9-3)80-71(75)64-61-58-55-52-49-46-43-41-38-33-31-29-26-23-20-17-14-11-8-2/h28-31,59,62,68-69H,7-27,32-58,60-61,63-67H2,1-6H3,(H-,72,74,76,77)/b30-28+,31-29+,62-59-. The summed E-state index contributed by atoms with van der Waals surface area (Å²) in [6.07, 6.45) is 75.4. The van der Waals surface area contributed by atoms with Gasteiger partial charge in [0.15, 0.2) is 0 Å². The van der Waals surface area contributed by atoms with Crippen LogP contribution in [0.25, 0.3) is 0 Å². The van der Waals surface area contributed by atoms with E-state index in [9.17, 15) is 19.0 Å². The molecule has 0 heterocycles. The van der Waals surface area contributed by atoms with Gasteiger partial charge in [-0.05, 0) is 83.1 Å². The molecule has 10 heteroatoms. The van der Waals surface area contributed by atoms with Gasteiger partial charge in [-0.3, -0.25) is 14.2 Å². The number of allylic oxidation sites excluding steroid dienone is 5. The molecular weight excluding hydrogens is 1020 g/mol. The second kappa shape index (κ2) is 61.3. The normalized spacial score (nSPS) is 13.7. The fraction of sp³-hybridized carbons (Fsp3) is 0.887. The van der Waals surface area contributed by atoms with Gasteiger partial charge >= 0.3 is 5.97 Å². The van der Waals surface area contributed by atoms with Gasteiger partial charge in [0.25, 0.3) is 7.82 Å². The first kappa shape index (κ1) is 79.2. The van der Waals surface area contributed by atoms with E-state index in [4.69, 9.17) is 13.8 Å². The highest BCUT2D eigenvalue weighted by Gasteiger charge is 2.27. The Morgan fingerprint density at radius 3 is 1.05 bits per heavy atom. The highest BCUT2D eigenvalue weighted by molar-refractivity contribution is 7.45. The van der Waals surface area contributed by atoms with E-state index in [2.05, 4.69) is 50.4 Å². The maximum atomic E-state index is 13.6. The second-order valence-electron chi connectivity index (χ2n) is 25.4. The summed E-state index contributed by atoms with van der Waals surface area (Å²) in [5, 5.41) is 3.05. The smallest absolute Gasteiger partial charge is 0.306 e. The van der Waals surface area contributed by atoms with Crippen LogP contribution in [0.15, 0.2) is 36.5 Å². The maximum Gasteiger partial charge on any atom is 0.306 e. The number of phosphoric acid groups is 1. The van der Waals surface area contributed by atoms with Gasteiger partial charge in [-0.15, -0.1) is 0 Å². The number of carbonyl (C=O) groups excluding carboxylic acids is 2. The van der Waals surface area contributed by atoms with E-state index in [0.29, 0.717) is 17.4 Å². The van der Waals surface area contributed by atoms with Crippen molar-refractivity contribution in [2.75, 3.05) is 40.9 Å². The minimum Gasteiger partial charge on any atom is -0.756 e. The van der Waals surface area contributed by atoms with Crippen LogP contribution in [0.1, 0.15) is 355 Å². The lowest BCUT2D eigenvalue weighted by Gasteiger charge is -2.30. The Bertz CT molecular complexity index is 1480. The number of nitrogens with zero attached hydrogens (tertiary/aromatic N) is 1. The Labute approximate surface area is 504 Å². The highest BCUT2D eigenvalue weighted by atomic mass is 31.2. The zero-order chi connectivity index (χ0) is 59.3. The SMILES string of the molecule is CCCCCCCC/C=C/CCCCCCCCCCCCCCCC(=O)NC(COP(=O)([O-])OCC[N+](C)(C)C)C(/C=C\CCCCCCCCCCCCC)OC(=O)CCCCCCCCCCC/C=C/CCCCCCCC. The first-order chi connectivity index (χ1) is 39.4. The maximum absolute atomic E-state index is 13.6. The van der Waals surface area contributed by atoms with Gasteiger partial charge in [0, 0.05) is 12.8 Å². The van der Waals surface area contributed by atoms with E-state index in [0.717, 1.165) is 57.8 Å². The Balaban J connectivity index is 5.10. The van der Waals surface area contributed by atoms with Gasteiger partial charge in [-0.1, -0.05) is 295 Å². The third-order valence-electron chi connectivity index (χ3n) is 16.0. The third kappa shape index (κ3) is 62.6. The molecule has 478 valence electrons. The van der Waals surface area contributed by atoms with Crippen LogP contribution in [0.2, 0.25) is 0 Å². The van der Waals surface area contributed by atoms with E-state index in [1.165, 1.54) is 263 Å². The zero-order valence-electron chi connectivity index (χ0n) is 54.8. The summed E-state index contributed by atoms with van der Waals surface area (Å²) in [6, 6.07) is -0.887. The average Bonchev–Trinajstić information content (AvgIpc) is 3.44. The van der Waals surface area contributed by atoms with Gasteiger partial charge in [0.1, 0.15) is 19.3 Å². The quantitative estimate of drug-likeness (QED) is 0.0212. The summed E-state index contributed by atoms with van der Waals surface area (Å²) in [5.74, 6) is -0.525. The number of quaternary nitrogens is 1. The van der Waals surface area contributed by atoms with E-state index >= 15 is 0 Å². The lowest BCUT2D eigenvalue weighted by atomic mass is 10.0. The topological polar surface area (TPSA) is 114 Å². The minimum absolute atomic E-state index is 0.0201. The fourth-order valence-electron chi connectivity index (χ4n) is 10.6. The van der Waals surface area contributed by atoms with Crippen molar-refractivity contribution in [3.8, 4) is 0 Å². The van der Waals surface area contributed by atoms with Crippen LogP contribution in [0, 0.1) is 0 Å². The highest BCUT2D eigenvalue weighted by Crippen LogP contribution is 2.38. The molecule has 3 unspecified atom stereocenters. The summed E-state index contributed by atoms with van der Waals surface area (Å²) in [4.78, 5) is 40.2. The van der Waals surface area contributed by atoms with Crippen LogP contribution < -0.4 is 10.2 Å². The van der Waals surface area contributed by atoms with Gasteiger partial charge in [-0.25, -0.2) is 0 Å². The number of phosphoric ester groups is 1. The Morgan fingerprint density at radius 2 is 0.716 bits per heavy atom. The molecule has 0 aromatic carbocycles. The summed E-state index contributed by atoms with van der Waals surface area (Å²) in [7, 11) is 1.20. The number of likely N-dealkylation sites (N-methyl/N-ethyl adjacent to an activating group) is 1. The van der Waals surface area contributed by atoms with Gasteiger partial charge < -0.3 is 28.5 Å². The molecule has 0 saturated heterocycles. The summed E-state index contributed by atoms with van der Waals surface area (Å²) in [6.45, 7) is 6.89. The Morgan fingerprint density at radius 1 is 0.420 bits per heavy atom. The van der Waals surface area contributed by atoms with Crippen molar-refractivity contribution in [3.63, 3.8) is 0 Å². The Hall–Kier alpha value is -1.77. The van der Waals surface area contributed by atoms with Crippen molar-refractivity contribution in [2.45, 2.75) is 367 Å². The van der Waals surface area contributed by atoms with Crippen molar-refractivity contribution in [1.82, 2.24) is 5.32 Å². The summed E-state index contributed by atoms with van der Waals surface area (Å²) in [5.41, 5.74) is 0. The van der Waals surface area contributed by atoms with Crippen molar-refractivity contribution in [3.05, 3.63) is 36.5 Å². The monoisotopic (exact) mass is 1160 g/mol. The average molecular weight is 1160 g/mol. The number of hydrogen-bond donors (Lipinski definition) is 1. The van der Waals surface area contributed by atoms with Crippen molar-refractivity contribution in [2.24, 2.45) is 0 Å². The van der Waals surface area contributed by atoms with Crippen molar-refractivity contribution < 1.29 is 37.3 Å². The van der Waals surface area contributed by atoms with Gasteiger partial charge in [0.05, 0.1) is 33.8 Å². The molecule has 0 aliphatic heterocycles. The molecular formula is C71H137N2O7P. The molecule has 0 aromatic rings. The fourth-order valence-corrected chi connectivity index (χ4v) is 11.3. The molecule has 0 rings (SSSR count). The molecule has 1 N–H and O–H groups in total. The van der Waals surface area contributed by atoms with Crippen LogP contribution in [-0.4, -0.2) is 69.4 Å². The molecule has 0 fully saturated rings. The van der Waals surface area contributed by atoms with E-state index in [-0.39, 0.29) is 31.5 Å². The molecule has 0 aliphatic rings. The Kier molecular flexibility index (Phi) is 60.0. The number of unbranched alkanes of at least 4 members (excludes halogenated alkanes) is 45. The molecule has 81 heavy (non-hydrogen) atoms. The molecule has 0 aromatic heterocycles. The predicted molar refractivity (Wildman–Crippen MR) is 349 cm³/mol. The van der Waals surface area contributed by atoms with E-state index in [1.54, 1.807) is 0 Å². The molecule has 0 radical (unpaired) electrons. The first-order valence-corrected chi connectivity index (χ1v) is 36.8. The van der Waals surface area contributed by atoms with Gasteiger partial charge in [-0.2, -0.15) is 0 Å². The number of ether oxygens (including phenoxy) is 1.